The van der Waals surface area contributed by atoms with Crippen molar-refractivity contribution in [2.75, 3.05) is 32.4 Å². The van der Waals surface area contributed by atoms with E-state index < -0.39 is 9.84 Å². The van der Waals surface area contributed by atoms with Gasteiger partial charge in [-0.3, -0.25) is 0 Å². The lowest BCUT2D eigenvalue weighted by Gasteiger charge is -2.34. The van der Waals surface area contributed by atoms with Gasteiger partial charge in [0.15, 0.2) is 9.84 Å². The Kier molecular flexibility index (Phi) is 9.82. The van der Waals surface area contributed by atoms with Crippen molar-refractivity contribution < 1.29 is 8.42 Å². The van der Waals surface area contributed by atoms with Crippen LogP contribution in [0.15, 0.2) is 41.4 Å². The van der Waals surface area contributed by atoms with Gasteiger partial charge in [-0.15, -0.1) is 0 Å². The van der Waals surface area contributed by atoms with Crippen LogP contribution in [0, 0.1) is 0 Å². The second-order valence-electron chi connectivity index (χ2n) is 9.24. The molecule has 6 heteroatoms. The quantitative estimate of drug-likeness (QED) is 0.412. The molecule has 2 N–H and O–H groups in total. The molecule has 0 fully saturated rings. The summed E-state index contributed by atoms with van der Waals surface area (Å²) in [7, 11) is -3.10. The van der Waals surface area contributed by atoms with Crippen LogP contribution in [0.2, 0.25) is 0 Å². The minimum atomic E-state index is -3.10. The van der Waals surface area contributed by atoms with Crippen LogP contribution in [0.4, 0.5) is 0 Å². The maximum absolute atomic E-state index is 11.5. The van der Waals surface area contributed by atoms with Crippen LogP contribution < -0.4 is 5.32 Å². The van der Waals surface area contributed by atoms with Gasteiger partial charge >= 0.3 is 0 Å². The number of hydrogen-bond acceptors (Lipinski definition) is 4. The van der Waals surface area contributed by atoms with E-state index in [0.29, 0.717) is 10.9 Å². The lowest BCUT2D eigenvalue weighted by molar-refractivity contribution is 0.175. The van der Waals surface area contributed by atoms with Gasteiger partial charge in [-0.2, -0.15) is 0 Å². The summed E-state index contributed by atoms with van der Waals surface area (Å²) in [6.45, 7) is 6.74. The van der Waals surface area contributed by atoms with E-state index in [2.05, 4.69) is 34.4 Å². The van der Waals surface area contributed by atoms with E-state index in [-0.39, 0.29) is 0 Å². The van der Waals surface area contributed by atoms with E-state index in [0.717, 1.165) is 19.5 Å². The molecule has 1 aromatic heterocycles. The van der Waals surface area contributed by atoms with Crippen LogP contribution in [0.25, 0.3) is 0 Å². The van der Waals surface area contributed by atoms with E-state index in [9.17, 15) is 8.42 Å². The van der Waals surface area contributed by atoms with E-state index in [1.165, 1.54) is 87.5 Å². The number of rotatable bonds is 14. The zero-order chi connectivity index (χ0) is 22.8. The van der Waals surface area contributed by atoms with Gasteiger partial charge in [-0.1, -0.05) is 31.9 Å². The second kappa shape index (κ2) is 12.6. The van der Waals surface area contributed by atoms with Crippen LogP contribution in [0.1, 0.15) is 62.3 Å². The average Bonchev–Trinajstić information content (AvgIpc) is 3.25. The molecule has 0 saturated carbocycles. The van der Waals surface area contributed by atoms with Crippen molar-refractivity contribution in [3.63, 3.8) is 0 Å². The Morgan fingerprint density at radius 1 is 1.03 bits per heavy atom. The van der Waals surface area contributed by atoms with Gasteiger partial charge in [0.2, 0.25) is 0 Å². The molecule has 0 saturated heterocycles. The van der Waals surface area contributed by atoms with Gasteiger partial charge in [-0.05, 0) is 100 Å². The van der Waals surface area contributed by atoms with Crippen LogP contribution >= 0.6 is 0 Å². The summed E-state index contributed by atoms with van der Waals surface area (Å²) < 4.78 is 23.0. The smallest absolute Gasteiger partial charge is 0.175 e. The first kappa shape index (κ1) is 25.0. The number of nitrogens with zero attached hydrogens (tertiary/aromatic N) is 1. The summed E-state index contributed by atoms with van der Waals surface area (Å²) in [6, 6.07) is 10.2. The molecule has 0 radical (unpaired) electrons. The van der Waals surface area contributed by atoms with Crippen molar-refractivity contribution in [3.8, 4) is 0 Å². The number of benzene rings is 1. The Bertz CT molecular complexity index is 905. The van der Waals surface area contributed by atoms with E-state index in [1.54, 1.807) is 12.1 Å². The first-order valence-electron chi connectivity index (χ1n) is 12.4. The summed E-state index contributed by atoms with van der Waals surface area (Å²) in [5.41, 5.74) is 4.16. The number of sulfone groups is 1. The fourth-order valence-electron chi connectivity index (χ4n) is 4.78. The molecule has 0 bridgehead atoms. The van der Waals surface area contributed by atoms with Crippen molar-refractivity contribution in [3.05, 3.63) is 53.3 Å². The Labute approximate surface area is 194 Å². The van der Waals surface area contributed by atoms with Crippen molar-refractivity contribution in [2.45, 2.75) is 75.6 Å². The SMILES string of the molecule is CCCN(CCCCCCNCCc1ccc(S(C)(=O)=O)cc1)C1CCc2[nH]ccc2C1. The molecule has 1 atom stereocenters. The van der Waals surface area contributed by atoms with Gasteiger partial charge < -0.3 is 15.2 Å². The lowest BCUT2D eigenvalue weighted by atomic mass is 9.92. The van der Waals surface area contributed by atoms with Gasteiger partial charge in [-0.25, -0.2) is 8.42 Å². The minimum absolute atomic E-state index is 0.393. The summed E-state index contributed by atoms with van der Waals surface area (Å²) in [6.07, 6.45) is 14.3. The number of unbranched alkanes of at least 4 members (excludes halogenated alkanes) is 3. The molecule has 3 rings (SSSR count). The maximum Gasteiger partial charge on any atom is 0.175 e. The van der Waals surface area contributed by atoms with Crippen LogP contribution in [0.5, 0.6) is 0 Å². The zero-order valence-electron chi connectivity index (χ0n) is 19.9. The molecule has 1 unspecified atom stereocenters. The number of aryl methyl sites for hydroxylation is 1. The number of aromatic nitrogens is 1. The lowest BCUT2D eigenvalue weighted by Crippen LogP contribution is -2.40. The molecular weight excluding hydrogens is 418 g/mol. The predicted molar refractivity (Wildman–Crippen MR) is 133 cm³/mol. The largest absolute Gasteiger partial charge is 0.365 e. The molecule has 0 aliphatic heterocycles. The highest BCUT2D eigenvalue weighted by atomic mass is 32.2. The third kappa shape index (κ3) is 7.75. The molecule has 0 amide bonds. The summed E-state index contributed by atoms with van der Waals surface area (Å²) >= 11 is 0. The molecule has 2 aromatic rings. The molecule has 1 aliphatic carbocycles. The first-order chi connectivity index (χ1) is 15.5. The Morgan fingerprint density at radius 2 is 1.81 bits per heavy atom. The Morgan fingerprint density at radius 3 is 2.56 bits per heavy atom. The summed E-state index contributed by atoms with van der Waals surface area (Å²) in [5, 5.41) is 3.53. The second-order valence-corrected chi connectivity index (χ2v) is 11.3. The predicted octanol–water partition coefficient (Wildman–Crippen LogP) is 4.38. The number of hydrogen-bond donors (Lipinski definition) is 2. The Hall–Kier alpha value is -1.63. The molecule has 32 heavy (non-hydrogen) atoms. The van der Waals surface area contributed by atoms with E-state index >= 15 is 0 Å². The zero-order valence-corrected chi connectivity index (χ0v) is 20.7. The molecular formula is C26H41N3O2S. The van der Waals surface area contributed by atoms with Crippen molar-refractivity contribution in [1.29, 1.82) is 0 Å². The van der Waals surface area contributed by atoms with Crippen LogP contribution in [0.3, 0.4) is 0 Å². The van der Waals surface area contributed by atoms with Crippen LogP contribution in [-0.2, 0) is 29.1 Å². The van der Waals surface area contributed by atoms with E-state index in [4.69, 9.17) is 0 Å². The number of aromatic amines is 1. The third-order valence-corrected chi connectivity index (χ3v) is 7.76. The number of H-pyrrole nitrogens is 1. The van der Waals surface area contributed by atoms with Crippen molar-refractivity contribution >= 4 is 9.84 Å². The molecule has 0 spiro atoms. The summed E-state index contributed by atoms with van der Waals surface area (Å²) in [4.78, 5) is 6.53. The summed E-state index contributed by atoms with van der Waals surface area (Å²) in [5.74, 6) is 0. The Balaban J connectivity index is 1.24. The molecule has 1 aliphatic rings. The highest BCUT2D eigenvalue weighted by Gasteiger charge is 2.24. The highest BCUT2D eigenvalue weighted by molar-refractivity contribution is 7.90. The van der Waals surface area contributed by atoms with E-state index in [1.807, 2.05) is 12.1 Å². The van der Waals surface area contributed by atoms with Crippen molar-refractivity contribution in [2.24, 2.45) is 0 Å². The number of nitrogens with one attached hydrogen (secondary N) is 2. The number of fused-ring (bicyclic) bond motifs is 1. The molecule has 1 aromatic carbocycles. The third-order valence-electron chi connectivity index (χ3n) is 6.63. The fourth-order valence-corrected chi connectivity index (χ4v) is 5.41. The monoisotopic (exact) mass is 459 g/mol. The van der Waals surface area contributed by atoms with Gasteiger partial charge in [0.25, 0.3) is 0 Å². The fraction of sp³-hybridized carbons (Fsp3) is 0.615. The molecule has 5 nitrogen and oxygen atoms in total. The van der Waals surface area contributed by atoms with Gasteiger partial charge in [0, 0.05) is 24.2 Å². The van der Waals surface area contributed by atoms with Crippen molar-refractivity contribution in [1.82, 2.24) is 15.2 Å². The molecule has 178 valence electrons. The standard InChI is InChI=1S/C26H41N3O2S/c1-3-19-29(24-10-13-26-23(21-24)15-18-28-26)20-7-5-4-6-16-27-17-14-22-8-11-25(12-9-22)32(2,30)31/h8-9,11-12,15,18,24,27-28H,3-7,10,13-14,16-17,19-21H2,1-2H3. The highest BCUT2D eigenvalue weighted by Crippen LogP contribution is 2.24. The van der Waals surface area contributed by atoms with Gasteiger partial charge in [0.05, 0.1) is 4.90 Å². The van der Waals surface area contributed by atoms with Crippen LogP contribution in [-0.4, -0.2) is 56.8 Å². The minimum Gasteiger partial charge on any atom is -0.365 e. The normalized spacial score (nSPS) is 16.4. The average molecular weight is 460 g/mol. The maximum atomic E-state index is 11.5. The molecule has 1 heterocycles. The first-order valence-corrected chi connectivity index (χ1v) is 14.3. The topological polar surface area (TPSA) is 65.2 Å². The van der Waals surface area contributed by atoms with Gasteiger partial charge in [0.1, 0.15) is 0 Å².